The Morgan fingerprint density at radius 3 is 3.09 bits per heavy atom. The highest BCUT2D eigenvalue weighted by Crippen LogP contribution is 2.19. The number of nitrogens with one attached hydrogen (secondary N) is 2. The van der Waals surface area contributed by atoms with Crippen LogP contribution < -0.4 is 10.6 Å². The second-order valence-electron chi connectivity index (χ2n) is 3.14. The molecule has 0 aliphatic carbocycles. The van der Waals surface area contributed by atoms with Gasteiger partial charge in [0, 0.05) is 19.3 Å². The van der Waals surface area contributed by atoms with Crippen molar-refractivity contribution in [1.29, 1.82) is 0 Å². The van der Waals surface area contributed by atoms with Gasteiger partial charge in [0.05, 0.1) is 0 Å². The third-order valence-corrected chi connectivity index (χ3v) is 2.35. The summed E-state index contributed by atoms with van der Waals surface area (Å²) in [6.07, 6.45) is 7.87. The van der Waals surface area contributed by atoms with Crippen LogP contribution in [0.4, 0.5) is 0 Å². The highest BCUT2D eigenvalue weighted by atomic mass is 14.9. The molecular weight excluding hydrogens is 136 g/mol. The molecule has 2 aliphatic rings. The van der Waals surface area contributed by atoms with Crippen LogP contribution in [0.2, 0.25) is 0 Å². The molecule has 1 saturated heterocycles. The van der Waals surface area contributed by atoms with Gasteiger partial charge < -0.3 is 10.6 Å². The van der Waals surface area contributed by atoms with Gasteiger partial charge in [-0.15, -0.1) is 0 Å². The van der Waals surface area contributed by atoms with Crippen molar-refractivity contribution in [3.63, 3.8) is 0 Å². The zero-order valence-electron chi connectivity index (χ0n) is 6.64. The molecule has 2 heterocycles. The molecule has 0 radical (unpaired) electrons. The molecule has 60 valence electrons. The number of allylic oxidation sites excluding steroid dienone is 1. The Morgan fingerprint density at radius 2 is 2.45 bits per heavy atom. The van der Waals surface area contributed by atoms with Crippen LogP contribution in [-0.4, -0.2) is 19.6 Å². The van der Waals surface area contributed by atoms with Crippen LogP contribution in [0, 0.1) is 5.92 Å². The molecule has 0 aromatic carbocycles. The molecule has 0 amide bonds. The normalized spacial score (nSPS) is 29.8. The van der Waals surface area contributed by atoms with Crippen molar-refractivity contribution in [2.45, 2.75) is 6.42 Å². The van der Waals surface area contributed by atoms with Gasteiger partial charge in [-0.3, -0.25) is 0 Å². The molecule has 11 heavy (non-hydrogen) atoms. The summed E-state index contributed by atoms with van der Waals surface area (Å²) < 4.78 is 0. The fourth-order valence-electron chi connectivity index (χ4n) is 1.68. The second kappa shape index (κ2) is 3.09. The fraction of sp³-hybridized carbons (Fsp3) is 0.556. The van der Waals surface area contributed by atoms with Crippen molar-refractivity contribution in [3.8, 4) is 0 Å². The third-order valence-electron chi connectivity index (χ3n) is 2.35. The van der Waals surface area contributed by atoms with E-state index in [0.29, 0.717) is 0 Å². The van der Waals surface area contributed by atoms with Gasteiger partial charge in [0.2, 0.25) is 0 Å². The van der Waals surface area contributed by atoms with Crippen molar-refractivity contribution in [2.24, 2.45) is 5.92 Å². The van der Waals surface area contributed by atoms with Gasteiger partial charge in [0.25, 0.3) is 0 Å². The zero-order valence-corrected chi connectivity index (χ0v) is 6.64. The molecule has 1 atom stereocenters. The summed E-state index contributed by atoms with van der Waals surface area (Å²) in [4.78, 5) is 0. The summed E-state index contributed by atoms with van der Waals surface area (Å²) in [6.45, 7) is 3.32. The van der Waals surface area contributed by atoms with Gasteiger partial charge >= 0.3 is 0 Å². The van der Waals surface area contributed by atoms with Crippen LogP contribution in [0.15, 0.2) is 23.9 Å². The fourth-order valence-corrected chi connectivity index (χ4v) is 1.68. The van der Waals surface area contributed by atoms with Crippen molar-refractivity contribution < 1.29 is 0 Å². The molecule has 2 nitrogen and oxygen atoms in total. The van der Waals surface area contributed by atoms with Crippen LogP contribution in [0.3, 0.4) is 0 Å². The lowest BCUT2D eigenvalue weighted by Crippen LogP contribution is -2.15. The van der Waals surface area contributed by atoms with E-state index in [1.165, 1.54) is 18.5 Å². The van der Waals surface area contributed by atoms with Crippen molar-refractivity contribution in [2.75, 3.05) is 19.6 Å². The average molecular weight is 150 g/mol. The Labute approximate surface area is 67.4 Å². The smallest absolute Gasteiger partial charge is 0.0328 e. The summed E-state index contributed by atoms with van der Waals surface area (Å²) in [5.74, 6) is 0.749. The molecule has 0 aromatic rings. The first kappa shape index (κ1) is 6.92. The van der Waals surface area contributed by atoms with E-state index in [9.17, 15) is 0 Å². The van der Waals surface area contributed by atoms with Crippen molar-refractivity contribution in [3.05, 3.63) is 23.9 Å². The third kappa shape index (κ3) is 1.46. The topological polar surface area (TPSA) is 24.1 Å². The highest BCUT2D eigenvalue weighted by Gasteiger charge is 2.17. The lowest BCUT2D eigenvalue weighted by Gasteiger charge is -2.13. The Hall–Kier alpha value is -0.760. The van der Waals surface area contributed by atoms with Crippen LogP contribution >= 0.6 is 0 Å². The molecule has 0 aromatic heterocycles. The van der Waals surface area contributed by atoms with Crippen LogP contribution in [0.1, 0.15) is 6.42 Å². The van der Waals surface area contributed by atoms with E-state index in [2.05, 4.69) is 29.0 Å². The predicted molar refractivity (Wildman–Crippen MR) is 46.2 cm³/mol. The van der Waals surface area contributed by atoms with E-state index in [1.807, 2.05) is 0 Å². The number of hydrogen-bond donors (Lipinski definition) is 2. The van der Waals surface area contributed by atoms with Crippen molar-refractivity contribution in [1.82, 2.24) is 10.6 Å². The number of rotatable bonds is 1. The van der Waals surface area contributed by atoms with Gasteiger partial charge in [0.15, 0.2) is 0 Å². The number of hydrogen-bond acceptors (Lipinski definition) is 2. The minimum atomic E-state index is 0.749. The van der Waals surface area contributed by atoms with Crippen molar-refractivity contribution >= 4 is 0 Å². The monoisotopic (exact) mass is 150 g/mol. The summed E-state index contributed by atoms with van der Waals surface area (Å²) in [5.41, 5.74) is 1.46. The minimum Gasteiger partial charge on any atom is -0.387 e. The molecule has 0 spiro atoms. The van der Waals surface area contributed by atoms with E-state index < -0.39 is 0 Å². The highest BCUT2D eigenvalue weighted by molar-refractivity contribution is 5.25. The maximum atomic E-state index is 3.37. The Kier molecular flexibility index (Phi) is 1.95. The Morgan fingerprint density at radius 1 is 1.45 bits per heavy atom. The second-order valence-corrected chi connectivity index (χ2v) is 3.14. The van der Waals surface area contributed by atoms with Gasteiger partial charge in [0.1, 0.15) is 0 Å². The maximum absolute atomic E-state index is 3.37. The van der Waals surface area contributed by atoms with Crippen LogP contribution in [0.5, 0.6) is 0 Å². The Balaban J connectivity index is 2.02. The average Bonchev–Trinajstić information content (AvgIpc) is 2.58. The lowest BCUT2D eigenvalue weighted by molar-refractivity contribution is 0.684. The van der Waals surface area contributed by atoms with Gasteiger partial charge in [-0.1, -0.05) is 12.2 Å². The first-order valence-electron chi connectivity index (χ1n) is 4.27. The summed E-state index contributed by atoms with van der Waals surface area (Å²) in [6, 6.07) is 0. The molecule has 1 fully saturated rings. The van der Waals surface area contributed by atoms with Gasteiger partial charge in [-0.25, -0.2) is 0 Å². The summed E-state index contributed by atoms with van der Waals surface area (Å²) in [5, 5.41) is 6.60. The maximum Gasteiger partial charge on any atom is 0.0328 e. The molecule has 2 heteroatoms. The molecule has 2 rings (SSSR count). The first-order valence-corrected chi connectivity index (χ1v) is 4.27. The minimum absolute atomic E-state index is 0.749. The van der Waals surface area contributed by atoms with E-state index >= 15 is 0 Å². The first-order chi connectivity index (χ1) is 5.47. The van der Waals surface area contributed by atoms with E-state index in [0.717, 1.165) is 19.0 Å². The molecule has 0 saturated carbocycles. The standard InChI is InChI=1S/C9H14N2/c1-2-8(6-10-4-1)9-3-5-11-7-9/h1-2,6,9-11H,3-5,7H2. The predicted octanol–water partition coefficient (Wildman–Crippen LogP) is 0.639. The largest absolute Gasteiger partial charge is 0.387 e. The molecule has 2 N–H and O–H groups in total. The SMILES string of the molecule is C1=CC(C2CCNC2)=CNC1. The lowest BCUT2D eigenvalue weighted by atomic mass is 9.98. The van der Waals surface area contributed by atoms with Gasteiger partial charge in [-0.05, 0) is 24.5 Å². The molecular formula is C9H14N2. The van der Waals surface area contributed by atoms with Crippen LogP contribution in [-0.2, 0) is 0 Å². The number of dihydropyridines is 1. The van der Waals surface area contributed by atoms with Gasteiger partial charge in [-0.2, -0.15) is 0 Å². The molecule has 1 unspecified atom stereocenters. The van der Waals surface area contributed by atoms with E-state index in [1.54, 1.807) is 0 Å². The van der Waals surface area contributed by atoms with E-state index in [4.69, 9.17) is 0 Å². The quantitative estimate of drug-likeness (QED) is 0.573. The summed E-state index contributed by atoms with van der Waals surface area (Å²) >= 11 is 0. The zero-order chi connectivity index (χ0) is 7.52. The Bertz CT molecular complexity index is 188. The summed E-state index contributed by atoms with van der Waals surface area (Å²) in [7, 11) is 0. The van der Waals surface area contributed by atoms with Crippen LogP contribution in [0.25, 0.3) is 0 Å². The van der Waals surface area contributed by atoms with E-state index in [-0.39, 0.29) is 0 Å². The molecule has 2 aliphatic heterocycles. The molecule has 0 bridgehead atoms.